The zero-order valence-corrected chi connectivity index (χ0v) is 12.1. The van der Waals surface area contributed by atoms with E-state index in [4.69, 9.17) is 21.4 Å². The van der Waals surface area contributed by atoms with Crippen LogP contribution in [-0.4, -0.2) is 52.7 Å². The van der Waals surface area contributed by atoms with E-state index >= 15 is 0 Å². The van der Waals surface area contributed by atoms with Crippen molar-refractivity contribution in [1.29, 1.82) is 0 Å². The van der Waals surface area contributed by atoms with Crippen molar-refractivity contribution in [1.82, 2.24) is 4.90 Å². The Labute approximate surface area is 126 Å². The number of hydrogen-bond acceptors (Lipinski definition) is 5. The summed E-state index contributed by atoms with van der Waals surface area (Å²) in [4.78, 5) is 24.3. The molecule has 1 aromatic rings. The van der Waals surface area contributed by atoms with Crippen LogP contribution in [0.15, 0.2) is 18.2 Å². The van der Waals surface area contributed by atoms with E-state index in [1.807, 2.05) is 6.92 Å². The molecular weight excluding hydrogens is 300 g/mol. The van der Waals surface area contributed by atoms with Gasteiger partial charge < -0.3 is 14.7 Å². The number of carbonyl (C=O) groups is 1. The summed E-state index contributed by atoms with van der Waals surface area (Å²) in [5.41, 5.74) is -0.0786. The molecule has 2 rings (SSSR count). The number of benzene rings is 1. The normalized spacial score (nSPS) is 22.1. The number of non-ortho nitro benzene ring substituents is 1. The Hall–Kier alpha value is -1.70. The molecular formula is C13H15ClN2O5. The van der Waals surface area contributed by atoms with Gasteiger partial charge in [0.1, 0.15) is 0 Å². The van der Waals surface area contributed by atoms with Crippen LogP contribution < -0.4 is 0 Å². The molecule has 0 bridgehead atoms. The highest BCUT2D eigenvalue weighted by Crippen LogP contribution is 2.23. The second kappa shape index (κ2) is 6.38. The molecule has 21 heavy (non-hydrogen) atoms. The molecule has 7 nitrogen and oxygen atoms in total. The van der Waals surface area contributed by atoms with Gasteiger partial charge in [0.05, 0.1) is 30.3 Å². The Morgan fingerprint density at radius 3 is 2.90 bits per heavy atom. The predicted molar refractivity (Wildman–Crippen MR) is 75.4 cm³/mol. The van der Waals surface area contributed by atoms with Crippen LogP contribution in [0.4, 0.5) is 5.69 Å². The van der Waals surface area contributed by atoms with E-state index in [1.54, 1.807) is 0 Å². The van der Waals surface area contributed by atoms with E-state index in [1.165, 1.54) is 23.1 Å². The Morgan fingerprint density at radius 2 is 2.29 bits per heavy atom. The summed E-state index contributed by atoms with van der Waals surface area (Å²) in [6.07, 6.45) is -0.445. The van der Waals surface area contributed by atoms with Crippen LogP contribution in [0.5, 0.6) is 0 Å². The molecule has 0 saturated carbocycles. The van der Waals surface area contributed by atoms with E-state index in [-0.39, 0.29) is 41.4 Å². The largest absolute Gasteiger partial charge is 0.394 e. The van der Waals surface area contributed by atoms with Crippen LogP contribution in [0.2, 0.25) is 5.02 Å². The third-order valence-corrected chi connectivity index (χ3v) is 3.53. The summed E-state index contributed by atoms with van der Waals surface area (Å²) >= 11 is 5.83. The smallest absolute Gasteiger partial charge is 0.271 e. The standard InChI is InChI=1S/C13H15ClN2O5/c1-8-7-21-12(6-17)5-15(8)13(18)9-2-10(14)4-11(3-9)16(19)20/h2-4,8,12,17H,5-7H2,1H3. The lowest BCUT2D eigenvalue weighted by Crippen LogP contribution is -2.52. The van der Waals surface area contributed by atoms with Crippen LogP contribution >= 0.6 is 11.6 Å². The number of nitrogens with zero attached hydrogens (tertiary/aromatic N) is 2. The van der Waals surface area contributed by atoms with Crippen molar-refractivity contribution in [3.63, 3.8) is 0 Å². The fraction of sp³-hybridized carbons (Fsp3) is 0.462. The maximum Gasteiger partial charge on any atom is 0.271 e. The topological polar surface area (TPSA) is 92.9 Å². The fourth-order valence-electron chi connectivity index (χ4n) is 2.18. The number of nitro benzene ring substituents is 1. The minimum Gasteiger partial charge on any atom is -0.394 e. The summed E-state index contributed by atoms with van der Waals surface area (Å²) < 4.78 is 5.36. The summed E-state index contributed by atoms with van der Waals surface area (Å²) in [6, 6.07) is 3.60. The van der Waals surface area contributed by atoms with Crippen LogP contribution in [0.1, 0.15) is 17.3 Å². The molecule has 1 heterocycles. The molecule has 0 aliphatic carbocycles. The van der Waals surface area contributed by atoms with Gasteiger partial charge in [0, 0.05) is 29.3 Å². The predicted octanol–water partition coefficient (Wildman–Crippen LogP) is 1.47. The number of morpholine rings is 1. The zero-order chi connectivity index (χ0) is 15.6. The highest BCUT2D eigenvalue weighted by Gasteiger charge is 2.30. The molecule has 8 heteroatoms. The van der Waals surface area contributed by atoms with Crippen LogP contribution in [0, 0.1) is 10.1 Å². The zero-order valence-electron chi connectivity index (χ0n) is 11.4. The Bertz CT molecular complexity index is 565. The van der Waals surface area contributed by atoms with Crippen LogP contribution in [-0.2, 0) is 4.74 Å². The van der Waals surface area contributed by atoms with Gasteiger partial charge >= 0.3 is 0 Å². The minimum atomic E-state index is -0.595. The lowest BCUT2D eigenvalue weighted by Gasteiger charge is -2.37. The highest BCUT2D eigenvalue weighted by molar-refractivity contribution is 6.31. The average Bonchev–Trinajstić information content (AvgIpc) is 2.46. The van der Waals surface area contributed by atoms with Crippen molar-refractivity contribution in [3.05, 3.63) is 38.9 Å². The number of hydrogen-bond donors (Lipinski definition) is 1. The van der Waals surface area contributed by atoms with Gasteiger partial charge in [-0.15, -0.1) is 0 Å². The SMILES string of the molecule is CC1COC(CO)CN1C(=O)c1cc(Cl)cc([N+](=O)[O-])c1. The summed E-state index contributed by atoms with van der Waals surface area (Å²) in [6.45, 7) is 2.16. The summed E-state index contributed by atoms with van der Waals surface area (Å²) in [5, 5.41) is 20.1. The molecule has 1 fully saturated rings. The quantitative estimate of drug-likeness (QED) is 0.673. The molecule has 0 spiro atoms. The van der Waals surface area contributed by atoms with Crippen molar-refractivity contribution in [2.75, 3.05) is 19.8 Å². The number of halogens is 1. The van der Waals surface area contributed by atoms with Crippen molar-refractivity contribution < 1.29 is 19.6 Å². The first-order chi connectivity index (χ1) is 9.92. The molecule has 2 atom stereocenters. The first-order valence-corrected chi connectivity index (χ1v) is 6.78. The molecule has 1 aromatic carbocycles. The number of carbonyl (C=O) groups excluding carboxylic acids is 1. The van der Waals surface area contributed by atoms with Gasteiger partial charge in [0.25, 0.3) is 11.6 Å². The van der Waals surface area contributed by atoms with E-state index in [9.17, 15) is 14.9 Å². The Morgan fingerprint density at radius 1 is 1.57 bits per heavy atom. The molecule has 0 radical (unpaired) electrons. The van der Waals surface area contributed by atoms with Crippen LogP contribution in [0.3, 0.4) is 0 Å². The summed E-state index contributed by atoms with van der Waals surface area (Å²) in [7, 11) is 0. The number of aliphatic hydroxyl groups excluding tert-OH is 1. The molecule has 1 amide bonds. The third-order valence-electron chi connectivity index (χ3n) is 3.31. The number of aliphatic hydroxyl groups is 1. The number of nitro groups is 1. The molecule has 114 valence electrons. The lowest BCUT2D eigenvalue weighted by atomic mass is 10.1. The summed E-state index contributed by atoms with van der Waals surface area (Å²) in [5.74, 6) is -0.366. The van der Waals surface area contributed by atoms with Gasteiger partial charge in [-0.1, -0.05) is 11.6 Å². The van der Waals surface area contributed by atoms with E-state index in [2.05, 4.69) is 0 Å². The second-order valence-corrected chi connectivity index (χ2v) is 5.34. The molecule has 1 aliphatic rings. The van der Waals surface area contributed by atoms with Crippen molar-refractivity contribution in [2.45, 2.75) is 19.1 Å². The maximum absolute atomic E-state index is 12.5. The minimum absolute atomic E-state index is 0.132. The monoisotopic (exact) mass is 314 g/mol. The van der Waals surface area contributed by atoms with E-state index in [0.717, 1.165) is 0 Å². The van der Waals surface area contributed by atoms with Gasteiger partial charge in [-0.25, -0.2) is 0 Å². The number of rotatable bonds is 3. The highest BCUT2D eigenvalue weighted by atomic mass is 35.5. The van der Waals surface area contributed by atoms with Crippen LogP contribution in [0.25, 0.3) is 0 Å². The van der Waals surface area contributed by atoms with Crippen molar-refractivity contribution in [3.8, 4) is 0 Å². The lowest BCUT2D eigenvalue weighted by molar-refractivity contribution is -0.384. The first kappa shape index (κ1) is 15.7. The molecule has 0 aromatic heterocycles. The van der Waals surface area contributed by atoms with Gasteiger partial charge in [-0.05, 0) is 13.0 Å². The Kier molecular flexibility index (Phi) is 4.76. The average molecular weight is 315 g/mol. The van der Waals surface area contributed by atoms with E-state index < -0.39 is 11.0 Å². The third kappa shape index (κ3) is 3.49. The molecule has 1 saturated heterocycles. The van der Waals surface area contributed by atoms with Gasteiger partial charge in [0.2, 0.25) is 0 Å². The number of ether oxygens (including phenoxy) is 1. The van der Waals surface area contributed by atoms with E-state index in [0.29, 0.717) is 6.61 Å². The molecule has 2 unspecified atom stereocenters. The van der Waals surface area contributed by atoms with Crippen molar-refractivity contribution >= 4 is 23.2 Å². The van der Waals surface area contributed by atoms with Gasteiger partial charge in [-0.3, -0.25) is 14.9 Å². The molecule has 1 aliphatic heterocycles. The Balaban J connectivity index is 2.28. The van der Waals surface area contributed by atoms with Gasteiger partial charge in [-0.2, -0.15) is 0 Å². The van der Waals surface area contributed by atoms with Gasteiger partial charge in [0.15, 0.2) is 0 Å². The van der Waals surface area contributed by atoms with Crippen molar-refractivity contribution in [2.24, 2.45) is 0 Å². The second-order valence-electron chi connectivity index (χ2n) is 4.90. The first-order valence-electron chi connectivity index (χ1n) is 6.40. The number of amides is 1. The fourth-order valence-corrected chi connectivity index (χ4v) is 2.41. The molecule has 1 N–H and O–H groups in total. The maximum atomic E-state index is 12.5.